The van der Waals surface area contributed by atoms with Crippen LogP contribution >= 0.6 is 11.8 Å². The average molecular weight is 431 g/mol. The molecule has 1 saturated heterocycles. The fourth-order valence-electron chi connectivity index (χ4n) is 3.75. The number of aromatic nitrogens is 3. The van der Waals surface area contributed by atoms with E-state index < -0.39 is 0 Å². The van der Waals surface area contributed by atoms with Gasteiger partial charge in [-0.25, -0.2) is 0 Å². The van der Waals surface area contributed by atoms with Crippen LogP contribution in [0.4, 0.5) is 0 Å². The molecule has 1 aliphatic carbocycles. The van der Waals surface area contributed by atoms with Crippen LogP contribution in [0.1, 0.15) is 38.1 Å². The molecule has 160 valence electrons. The quantitative estimate of drug-likeness (QED) is 0.676. The zero-order chi connectivity index (χ0) is 20.3. The molecule has 1 atom stereocenters. The smallest absolute Gasteiger partial charge is 0.230 e. The number of ether oxygens (including phenoxy) is 3. The highest BCUT2D eigenvalue weighted by atomic mass is 32.2. The number of hydrogen-bond donors (Lipinski definition) is 1. The van der Waals surface area contributed by atoms with Crippen molar-refractivity contribution >= 4 is 17.7 Å². The number of hydrogen-bond acceptors (Lipinski definition) is 7. The predicted molar refractivity (Wildman–Crippen MR) is 112 cm³/mol. The first kappa shape index (κ1) is 19.7. The van der Waals surface area contributed by atoms with Gasteiger partial charge in [0.25, 0.3) is 0 Å². The van der Waals surface area contributed by atoms with Gasteiger partial charge in [0.1, 0.15) is 0 Å². The Labute approximate surface area is 179 Å². The van der Waals surface area contributed by atoms with Crippen molar-refractivity contribution in [1.29, 1.82) is 0 Å². The lowest BCUT2D eigenvalue weighted by atomic mass is 10.2. The number of carbonyl (C=O) groups excluding carboxylic acids is 1. The minimum absolute atomic E-state index is 0.00187. The van der Waals surface area contributed by atoms with Crippen molar-refractivity contribution in [2.45, 2.75) is 49.4 Å². The zero-order valence-electron chi connectivity index (χ0n) is 16.8. The Kier molecular flexibility index (Phi) is 5.81. The van der Waals surface area contributed by atoms with E-state index in [2.05, 4.69) is 20.1 Å². The monoisotopic (exact) mass is 430 g/mol. The van der Waals surface area contributed by atoms with E-state index in [9.17, 15) is 4.79 Å². The Hall–Kier alpha value is -2.26. The van der Waals surface area contributed by atoms with Gasteiger partial charge in [-0.05, 0) is 43.9 Å². The lowest BCUT2D eigenvalue weighted by Gasteiger charge is -2.12. The van der Waals surface area contributed by atoms with Gasteiger partial charge < -0.3 is 19.5 Å². The van der Waals surface area contributed by atoms with Crippen molar-refractivity contribution in [2.75, 3.05) is 32.1 Å². The SMILES string of the molecule is O=C(CSc1nnc(-c2ccc3c(c2)OCCCO3)n1C1CC1)NC[C@H]1CCCO1. The molecule has 5 rings (SSSR count). The normalized spacial score (nSPS) is 20.7. The largest absolute Gasteiger partial charge is 0.490 e. The van der Waals surface area contributed by atoms with Crippen LogP contribution in [-0.4, -0.2) is 58.9 Å². The van der Waals surface area contributed by atoms with E-state index >= 15 is 0 Å². The highest BCUT2D eigenvalue weighted by Crippen LogP contribution is 2.42. The van der Waals surface area contributed by atoms with Gasteiger partial charge in [-0.2, -0.15) is 0 Å². The van der Waals surface area contributed by atoms with E-state index in [-0.39, 0.29) is 12.0 Å². The average Bonchev–Trinajstić information content (AvgIpc) is 3.38. The maximum absolute atomic E-state index is 12.3. The first-order valence-corrected chi connectivity index (χ1v) is 11.6. The van der Waals surface area contributed by atoms with Crippen LogP contribution in [0.5, 0.6) is 11.5 Å². The Balaban J connectivity index is 1.28. The van der Waals surface area contributed by atoms with Gasteiger partial charge in [0.15, 0.2) is 22.5 Å². The van der Waals surface area contributed by atoms with Gasteiger partial charge in [0.05, 0.1) is 25.1 Å². The van der Waals surface area contributed by atoms with Crippen LogP contribution in [0.15, 0.2) is 23.4 Å². The fourth-order valence-corrected chi connectivity index (χ4v) is 4.59. The number of rotatable bonds is 7. The van der Waals surface area contributed by atoms with E-state index in [0.29, 0.717) is 31.6 Å². The summed E-state index contributed by atoms with van der Waals surface area (Å²) in [5, 5.41) is 12.6. The van der Waals surface area contributed by atoms with Crippen LogP contribution in [0.3, 0.4) is 0 Å². The molecular formula is C21H26N4O4S. The maximum atomic E-state index is 12.3. The number of amides is 1. The molecule has 8 nitrogen and oxygen atoms in total. The van der Waals surface area contributed by atoms with E-state index in [1.807, 2.05) is 18.2 Å². The number of nitrogens with one attached hydrogen (secondary N) is 1. The summed E-state index contributed by atoms with van der Waals surface area (Å²) >= 11 is 1.43. The molecule has 0 spiro atoms. The summed E-state index contributed by atoms with van der Waals surface area (Å²) in [6.07, 6.45) is 5.32. The third-order valence-corrected chi connectivity index (χ3v) is 6.41. The molecule has 1 aromatic heterocycles. The van der Waals surface area contributed by atoms with Gasteiger partial charge in [0.2, 0.25) is 5.91 Å². The topological polar surface area (TPSA) is 87.5 Å². The summed E-state index contributed by atoms with van der Waals surface area (Å²) in [6.45, 7) is 2.69. The summed E-state index contributed by atoms with van der Waals surface area (Å²) in [5.41, 5.74) is 0.952. The molecule has 2 aliphatic heterocycles. The Morgan fingerprint density at radius 1 is 1.10 bits per heavy atom. The molecule has 3 aliphatic rings. The van der Waals surface area contributed by atoms with E-state index in [1.54, 1.807) is 0 Å². The third kappa shape index (κ3) is 4.41. The van der Waals surface area contributed by atoms with E-state index in [4.69, 9.17) is 14.2 Å². The minimum Gasteiger partial charge on any atom is -0.490 e. The molecule has 2 fully saturated rings. The zero-order valence-corrected chi connectivity index (χ0v) is 17.7. The van der Waals surface area contributed by atoms with Crippen LogP contribution in [0, 0.1) is 0 Å². The predicted octanol–water partition coefficient (Wildman–Crippen LogP) is 2.83. The second-order valence-corrected chi connectivity index (χ2v) is 8.79. The lowest BCUT2D eigenvalue weighted by molar-refractivity contribution is -0.119. The molecule has 0 unspecified atom stereocenters. The van der Waals surface area contributed by atoms with Gasteiger partial charge in [-0.3, -0.25) is 9.36 Å². The van der Waals surface area contributed by atoms with Crippen LogP contribution in [-0.2, 0) is 9.53 Å². The lowest BCUT2D eigenvalue weighted by Crippen LogP contribution is -2.32. The van der Waals surface area contributed by atoms with Crippen LogP contribution in [0.25, 0.3) is 11.4 Å². The standard InChI is InChI=1S/C21H26N4O4S/c26-19(22-12-16-3-1-8-27-16)13-30-21-24-23-20(25(21)15-5-6-15)14-4-7-17-18(11-14)29-10-2-9-28-17/h4,7,11,15-16H,1-3,5-6,8-10,12-13H2,(H,22,26)/t16-/m1/s1. The number of nitrogens with zero attached hydrogens (tertiary/aromatic N) is 3. The fraction of sp³-hybridized carbons (Fsp3) is 0.571. The van der Waals surface area contributed by atoms with Crippen molar-refractivity contribution in [2.24, 2.45) is 0 Å². The van der Waals surface area contributed by atoms with Crippen molar-refractivity contribution in [3.05, 3.63) is 18.2 Å². The number of thioether (sulfide) groups is 1. The van der Waals surface area contributed by atoms with Gasteiger partial charge in [-0.1, -0.05) is 11.8 Å². The molecule has 2 aromatic rings. The van der Waals surface area contributed by atoms with Gasteiger partial charge >= 0.3 is 0 Å². The Bertz CT molecular complexity index is 908. The van der Waals surface area contributed by atoms with Gasteiger partial charge in [0, 0.05) is 31.2 Å². The summed E-state index contributed by atoms with van der Waals surface area (Å²) in [4.78, 5) is 12.3. The summed E-state index contributed by atoms with van der Waals surface area (Å²) in [5.74, 6) is 2.65. The number of benzene rings is 1. The second-order valence-electron chi connectivity index (χ2n) is 7.85. The second kappa shape index (κ2) is 8.85. The van der Waals surface area contributed by atoms with E-state index in [1.165, 1.54) is 11.8 Å². The molecule has 0 radical (unpaired) electrons. The molecule has 1 N–H and O–H groups in total. The molecule has 3 heterocycles. The summed E-state index contributed by atoms with van der Waals surface area (Å²) in [7, 11) is 0. The van der Waals surface area contributed by atoms with Crippen molar-refractivity contribution in [3.8, 4) is 22.9 Å². The molecule has 1 amide bonds. The molecule has 9 heteroatoms. The minimum atomic E-state index is -0.00187. The number of fused-ring (bicyclic) bond motifs is 1. The van der Waals surface area contributed by atoms with Gasteiger partial charge in [-0.15, -0.1) is 10.2 Å². The van der Waals surface area contributed by atoms with Crippen molar-refractivity contribution in [3.63, 3.8) is 0 Å². The Morgan fingerprint density at radius 2 is 1.97 bits per heavy atom. The first-order chi connectivity index (χ1) is 14.8. The highest BCUT2D eigenvalue weighted by molar-refractivity contribution is 7.99. The molecule has 30 heavy (non-hydrogen) atoms. The highest BCUT2D eigenvalue weighted by Gasteiger charge is 2.31. The van der Waals surface area contributed by atoms with Crippen molar-refractivity contribution in [1.82, 2.24) is 20.1 Å². The first-order valence-electron chi connectivity index (χ1n) is 10.6. The summed E-state index contributed by atoms with van der Waals surface area (Å²) < 4.78 is 19.3. The third-order valence-electron chi connectivity index (χ3n) is 5.47. The van der Waals surface area contributed by atoms with Crippen LogP contribution < -0.4 is 14.8 Å². The molecule has 0 bridgehead atoms. The Morgan fingerprint density at radius 3 is 2.77 bits per heavy atom. The molecule has 1 saturated carbocycles. The maximum Gasteiger partial charge on any atom is 0.230 e. The van der Waals surface area contributed by atoms with E-state index in [0.717, 1.165) is 66.8 Å². The summed E-state index contributed by atoms with van der Waals surface area (Å²) in [6, 6.07) is 6.31. The van der Waals surface area contributed by atoms with Crippen LogP contribution in [0.2, 0.25) is 0 Å². The van der Waals surface area contributed by atoms with Crippen molar-refractivity contribution < 1.29 is 19.0 Å². The molecule has 1 aromatic carbocycles. The number of carbonyl (C=O) groups is 1. The molecular weight excluding hydrogens is 404 g/mol.